The fraction of sp³-hybridized carbons (Fsp3) is 0.308. The van der Waals surface area contributed by atoms with Crippen LogP contribution in [0.4, 0.5) is 0 Å². The molecule has 0 fully saturated rings. The third-order valence-corrected chi connectivity index (χ3v) is 2.52. The molecule has 0 bridgehead atoms. The number of aldehydes is 1. The topological polar surface area (TPSA) is 92.7 Å². The summed E-state index contributed by atoms with van der Waals surface area (Å²) in [4.78, 5) is 33.3. The first kappa shape index (κ1) is 14.7. The van der Waals surface area contributed by atoms with E-state index in [1.54, 1.807) is 6.07 Å². The van der Waals surface area contributed by atoms with Crippen molar-refractivity contribution in [3.05, 3.63) is 29.3 Å². The van der Waals surface area contributed by atoms with E-state index in [-0.39, 0.29) is 23.6 Å². The Labute approximate surface area is 110 Å². The summed E-state index contributed by atoms with van der Waals surface area (Å²) in [7, 11) is 1.23. The fourth-order valence-electron chi connectivity index (χ4n) is 1.64. The lowest BCUT2D eigenvalue weighted by Gasteiger charge is -2.15. The monoisotopic (exact) mass is 265 g/mol. The van der Waals surface area contributed by atoms with Crippen LogP contribution in [0.15, 0.2) is 18.2 Å². The van der Waals surface area contributed by atoms with E-state index in [9.17, 15) is 19.5 Å². The number of aromatic hydroxyl groups is 1. The van der Waals surface area contributed by atoms with Gasteiger partial charge < -0.3 is 15.2 Å². The van der Waals surface area contributed by atoms with Crippen LogP contribution in [0.5, 0.6) is 5.75 Å². The van der Waals surface area contributed by atoms with Gasteiger partial charge in [0.2, 0.25) is 5.91 Å². The summed E-state index contributed by atoms with van der Waals surface area (Å²) < 4.78 is 4.59. The zero-order chi connectivity index (χ0) is 14.4. The Morgan fingerprint density at radius 2 is 2.16 bits per heavy atom. The molecule has 0 aromatic heterocycles. The van der Waals surface area contributed by atoms with Gasteiger partial charge in [-0.05, 0) is 17.7 Å². The summed E-state index contributed by atoms with van der Waals surface area (Å²) in [5, 5.41) is 11.8. The van der Waals surface area contributed by atoms with E-state index in [0.29, 0.717) is 11.8 Å². The van der Waals surface area contributed by atoms with Gasteiger partial charge in [-0.3, -0.25) is 9.59 Å². The third kappa shape index (κ3) is 4.09. The lowest BCUT2D eigenvalue weighted by molar-refractivity contribution is -0.144. The van der Waals surface area contributed by atoms with Crippen LogP contribution in [0.25, 0.3) is 0 Å². The summed E-state index contributed by atoms with van der Waals surface area (Å²) in [6, 6.07) is 3.56. The maximum absolute atomic E-state index is 11.5. The highest BCUT2D eigenvalue weighted by Gasteiger charge is 2.20. The van der Waals surface area contributed by atoms with E-state index in [2.05, 4.69) is 10.1 Å². The predicted molar refractivity (Wildman–Crippen MR) is 66.8 cm³/mol. The van der Waals surface area contributed by atoms with Gasteiger partial charge >= 0.3 is 5.97 Å². The van der Waals surface area contributed by atoms with Crippen molar-refractivity contribution in [2.24, 2.45) is 0 Å². The second-order valence-corrected chi connectivity index (χ2v) is 3.99. The quantitative estimate of drug-likeness (QED) is 0.594. The van der Waals surface area contributed by atoms with E-state index in [4.69, 9.17) is 0 Å². The molecule has 6 heteroatoms. The average molecular weight is 265 g/mol. The number of hydrogen-bond acceptors (Lipinski definition) is 5. The first-order valence-electron chi connectivity index (χ1n) is 5.60. The van der Waals surface area contributed by atoms with Crippen LogP contribution in [0.2, 0.25) is 0 Å². The molecular formula is C13H15NO5. The molecule has 1 atom stereocenters. The van der Waals surface area contributed by atoms with Gasteiger partial charge in [-0.1, -0.05) is 6.07 Å². The number of benzene rings is 1. The number of ether oxygens (including phenoxy) is 1. The van der Waals surface area contributed by atoms with Crippen molar-refractivity contribution in [2.45, 2.75) is 19.4 Å². The van der Waals surface area contributed by atoms with Gasteiger partial charge in [0.05, 0.1) is 12.7 Å². The third-order valence-electron chi connectivity index (χ3n) is 2.52. The fourth-order valence-corrected chi connectivity index (χ4v) is 1.64. The van der Waals surface area contributed by atoms with Gasteiger partial charge in [-0.15, -0.1) is 0 Å². The normalized spacial score (nSPS) is 11.5. The van der Waals surface area contributed by atoms with Gasteiger partial charge in [0.25, 0.3) is 0 Å². The van der Waals surface area contributed by atoms with Crippen molar-refractivity contribution in [2.75, 3.05) is 7.11 Å². The average Bonchev–Trinajstić information content (AvgIpc) is 2.38. The Hall–Kier alpha value is -2.37. The minimum Gasteiger partial charge on any atom is -0.507 e. The Morgan fingerprint density at radius 1 is 1.47 bits per heavy atom. The second kappa shape index (κ2) is 6.53. The molecule has 0 aliphatic carbocycles. The number of rotatable bonds is 5. The Kier molecular flexibility index (Phi) is 5.05. The number of hydrogen-bond donors (Lipinski definition) is 2. The molecule has 2 N–H and O–H groups in total. The van der Waals surface area contributed by atoms with E-state index < -0.39 is 12.0 Å². The maximum atomic E-state index is 11.5. The van der Waals surface area contributed by atoms with Crippen molar-refractivity contribution in [1.82, 2.24) is 5.32 Å². The van der Waals surface area contributed by atoms with E-state index in [0.717, 1.165) is 0 Å². The van der Waals surface area contributed by atoms with Gasteiger partial charge in [0.1, 0.15) is 11.8 Å². The van der Waals surface area contributed by atoms with Crippen LogP contribution < -0.4 is 5.32 Å². The van der Waals surface area contributed by atoms with Crippen LogP contribution in [0, 0.1) is 0 Å². The van der Waals surface area contributed by atoms with Crippen LogP contribution in [0.3, 0.4) is 0 Å². The molecule has 1 aromatic carbocycles. The van der Waals surface area contributed by atoms with Crippen molar-refractivity contribution in [1.29, 1.82) is 0 Å². The highest BCUT2D eigenvalue weighted by molar-refractivity contribution is 5.83. The Morgan fingerprint density at radius 3 is 2.68 bits per heavy atom. The molecule has 0 aliphatic rings. The maximum Gasteiger partial charge on any atom is 0.328 e. The summed E-state index contributed by atoms with van der Waals surface area (Å²) >= 11 is 0. The van der Waals surface area contributed by atoms with E-state index in [1.165, 1.54) is 26.2 Å². The van der Waals surface area contributed by atoms with Gasteiger partial charge in [-0.25, -0.2) is 4.79 Å². The number of carbonyl (C=O) groups is 3. The van der Waals surface area contributed by atoms with Crippen molar-refractivity contribution in [3.8, 4) is 5.75 Å². The van der Waals surface area contributed by atoms with E-state index in [1.807, 2.05) is 0 Å². The van der Waals surface area contributed by atoms with Crippen LogP contribution >= 0.6 is 0 Å². The Bertz CT molecular complexity index is 498. The number of phenolic OH excluding ortho intramolecular Hbond substituents is 1. The van der Waals surface area contributed by atoms with Crippen LogP contribution in [0.1, 0.15) is 22.8 Å². The number of carbonyl (C=O) groups excluding carboxylic acids is 3. The molecule has 0 unspecified atom stereocenters. The highest BCUT2D eigenvalue weighted by atomic mass is 16.5. The smallest absolute Gasteiger partial charge is 0.328 e. The van der Waals surface area contributed by atoms with Crippen molar-refractivity contribution in [3.63, 3.8) is 0 Å². The molecule has 0 heterocycles. The summed E-state index contributed by atoms with van der Waals surface area (Å²) in [5.41, 5.74) is 0.757. The molecule has 0 saturated carbocycles. The molecular weight excluding hydrogens is 250 g/mol. The molecule has 6 nitrogen and oxygen atoms in total. The lowest BCUT2D eigenvalue weighted by atomic mass is 10.0. The number of methoxy groups -OCH3 is 1. The van der Waals surface area contributed by atoms with Gasteiger partial charge in [0.15, 0.2) is 6.29 Å². The second-order valence-electron chi connectivity index (χ2n) is 3.99. The first-order valence-corrected chi connectivity index (χ1v) is 5.60. The molecule has 0 spiro atoms. The van der Waals surface area contributed by atoms with Crippen molar-refractivity contribution >= 4 is 18.2 Å². The van der Waals surface area contributed by atoms with Crippen LogP contribution in [-0.4, -0.2) is 36.4 Å². The zero-order valence-corrected chi connectivity index (χ0v) is 10.7. The number of amides is 1. The molecule has 1 amide bonds. The summed E-state index contributed by atoms with van der Waals surface area (Å²) in [6.45, 7) is 1.30. The van der Waals surface area contributed by atoms with Crippen LogP contribution in [-0.2, 0) is 20.7 Å². The number of esters is 1. The molecule has 102 valence electrons. The molecule has 19 heavy (non-hydrogen) atoms. The largest absolute Gasteiger partial charge is 0.507 e. The Balaban J connectivity index is 2.92. The minimum atomic E-state index is -0.827. The first-order chi connectivity index (χ1) is 8.97. The number of phenols is 1. The summed E-state index contributed by atoms with van der Waals surface area (Å²) in [5.74, 6) is -1.06. The molecule has 1 aromatic rings. The molecule has 1 rings (SSSR count). The van der Waals surface area contributed by atoms with Crippen molar-refractivity contribution < 1.29 is 24.2 Å². The predicted octanol–water partition coefficient (Wildman–Crippen LogP) is 0.425. The molecule has 0 saturated heterocycles. The zero-order valence-electron chi connectivity index (χ0n) is 10.7. The molecule has 0 aliphatic heterocycles. The standard InChI is InChI=1S/C13H15NO5/c1-8(16)14-11(13(18)19-2)6-9-3-4-12(17)10(5-9)7-15/h3-5,7,11,17H,6H2,1-2H3,(H,14,16)/t11-/m0/s1. The highest BCUT2D eigenvalue weighted by Crippen LogP contribution is 2.17. The van der Waals surface area contributed by atoms with Gasteiger partial charge in [-0.2, -0.15) is 0 Å². The minimum absolute atomic E-state index is 0.129. The SMILES string of the molecule is COC(=O)[C@H](Cc1ccc(O)c(C=O)c1)NC(C)=O. The van der Waals surface area contributed by atoms with E-state index >= 15 is 0 Å². The lowest BCUT2D eigenvalue weighted by Crippen LogP contribution is -2.42. The molecule has 0 radical (unpaired) electrons. The number of nitrogens with one attached hydrogen (secondary N) is 1. The van der Waals surface area contributed by atoms with Gasteiger partial charge in [0, 0.05) is 13.3 Å². The summed E-state index contributed by atoms with van der Waals surface area (Å²) in [6.07, 6.45) is 0.692.